The Morgan fingerprint density at radius 2 is 1.78 bits per heavy atom. The van der Waals surface area contributed by atoms with Gasteiger partial charge in [-0.3, -0.25) is 9.59 Å². The third kappa shape index (κ3) is 3.98. The molecule has 1 aromatic heterocycles. The van der Waals surface area contributed by atoms with Crippen LogP contribution in [0.5, 0.6) is 0 Å². The van der Waals surface area contributed by atoms with Gasteiger partial charge in [-0.15, -0.1) is 0 Å². The molecule has 1 heterocycles. The van der Waals surface area contributed by atoms with Crippen LogP contribution in [0, 0.1) is 13.8 Å². The number of nitrogens with zero attached hydrogens (tertiary/aromatic N) is 1. The SMILES string of the molecule is Cc1cc(C)n(CC(=O)NC2CCCC2)c(=O)c1S(=O)(=O)c1ccccc1. The van der Waals surface area contributed by atoms with Gasteiger partial charge in [0, 0.05) is 11.7 Å². The molecule has 0 radical (unpaired) electrons. The molecule has 1 amide bonds. The summed E-state index contributed by atoms with van der Waals surface area (Å²) in [5, 5.41) is 2.94. The Labute approximate surface area is 159 Å². The molecular formula is C20H24N2O4S. The third-order valence-corrected chi connectivity index (χ3v) is 6.92. The minimum absolute atomic E-state index is 0.0658. The van der Waals surface area contributed by atoms with Crippen LogP contribution in [0.4, 0.5) is 0 Å². The summed E-state index contributed by atoms with van der Waals surface area (Å²) in [6.07, 6.45) is 4.07. The molecule has 0 unspecified atom stereocenters. The highest BCUT2D eigenvalue weighted by atomic mass is 32.2. The van der Waals surface area contributed by atoms with Crippen molar-refractivity contribution in [3.63, 3.8) is 0 Å². The fourth-order valence-electron chi connectivity index (χ4n) is 3.64. The van der Waals surface area contributed by atoms with Gasteiger partial charge in [0.2, 0.25) is 15.7 Å². The number of sulfone groups is 1. The zero-order valence-electron chi connectivity index (χ0n) is 15.6. The van der Waals surface area contributed by atoms with Crippen molar-refractivity contribution in [3.05, 3.63) is 58.0 Å². The first-order valence-electron chi connectivity index (χ1n) is 9.11. The van der Waals surface area contributed by atoms with Gasteiger partial charge in [-0.2, -0.15) is 0 Å². The average molecular weight is 388 g/mol. The highest BCUT2D eigenvalue weighted by molar-refractivity contribution is 7.91. The van der Waals surface area contributed by atoms with E-state index in [0.29, 0.717) is 11.3 Å². The summed E-state index contributed by atoms with van der Waals surface area (Å²) in [6, 6.07) is 9.66. The van der Waals surface area contributed by atoms with Gasteiger partial charge in [0.15, 0.2) is 0 Å². The summed E-state index contributed by atoms with van der Waals surface area (Å²) in [7, 11) is -3.96. The van der Waals surface area contributed by atoms with Crippen LogP contribution in [-0.4, -0.2) is 24.9 Å². The van der Waals surface area contributed by atoms with Gasteiger partial charge in [0.05, 0.1) is 4.90 Å². The Morgan fingerprint density at radius 1 is 1.15 bits per heavy atom. The van der Waals surface area contributed by atoms with E-state index in [0.717, 1.165) is 25.7 Å². The Balaban J connectivity index is 1.98. The molecule has 144 valence electrons. The summed E-state index contributed by atoms with van der Waals surface area (Å²) >= 11 is 0. The topological polar surface area (TPSA) is 85.2 Å². The zero-order chi connectivity index (χ0) is 19.6. The van der Waals surface area contributed by atoms with Crippen LogP contribution in [0.25, 0.3) is 0 Å². The number of nitrogens with one attached hydrogen (secondary N) is 1. The lowest BCUT2D eigenvalue weighted by Crippen LogP contribution is -2.39. The van der Waals surface area contributed by atoms with Crippen LogP contribution in [0.1, 0.15) is 36.9 Å². The first-order chi connectivity index (χ1) is 12.8. The van der Waals surface area contributed by atoms with Crippen molar-refractivity contribution < 1.29 is 13.2 Å². The number of aromatic nitrogens is 1. The van der Waals surface area contributed by atoms with Crippen molar-refractivity contribution in [2.45, 2.75) is 61.9 Å². The number of rotatable bonds is 5. The van der Waals surface area contributed by atoms with Crippen LogP contribution < -0.4 is 10.9 Å². The van der Waals surface area contributed by atoms with Gasteiger partial charge < -0.3 is 9.88 Å². The normalized spacial score (nSPS) is 15.0. The van der Waals surface area contributed by atoms with E-state index in [1.54, 1.807) is 38.1 Å². The Morgan fingerprint density at radius 3 is 2.41 bits per heavy atom. The number of carbonyl (C=O) groups excluding carboxylic acids is 1. The Hall–Kier alpha value is -2.41. The molecule has 1 saturated carbocycles. The van der Waals surface area contributed by atoms with E-state index < -0.39 is 15.4 Å². The molecule has 0 aliphatic heterocycles. The van der Waals surface area contributed by atoms with Gasteiger partial charge in [0.1, 0.15) is 11.4 Å². The van der Waals surface area contributed by atoms with Crippen LogP contribution >= 0.6 is 0 Å². The smallest absolute Gasteiger partial charge is 0.270 e. The van der Waals surface area contributed by atoms with Crippen molar-refractivity contribution in [3.8, 4) is 0 Å². The molecule has 6 nitrogen and oxygen atoms in total. The van der Waals surface area contributed by atoms with Crippen LogP contribution in [-0.2, 0) is 21.2 Å². The van der Waals surface area contributed by atoms with Crippen molar-refractivity contribution in [1.29, 1.82) is 0 Å². The van der Waals surface area contributed by atoms with Crippen molar-refractivity contribution in [1.82, 2.24) is 9.88 Å². The summed E-state index contributed by atoms with van der Waals surface area (Å²) in [4.78, 5) is 25.2. The second kappa shape index (κ2) is 7.68. The molecule has 1 fully saturated rings. The lowest BCUT2D eigenvalue weighted by molar-refractivity contribution is -0.122. The van der Waals surface area contributed by atoms with E-state index in [9.17, 15) is 18.0 Å². The maximum Gasteiger partial charge on any atom is 0.270 e. The molecule has 0 atom stereocenters. The first-order valence-corrected chi connectivity index (χ1v) is 10.6. The Bertz CT molecular complexity index is 1000. The van der Waals surface area contributed by atoms with E-state index in [1.807, 2.05) is 0 Å². The summed E-state index contributed by atoms with van der Waals surface area (Å²) < 4.78 is 27.2. The first kappa shape index (κ1) is 19.4. The second-order valence-electron chi connectivity index (χ2n) is 7.05. The Kier molecular flexibility index (Phi) is 5.51. The second-order valence-corrected chi connectivity index (χ2v) is 8.94. The van der Waals surface area contributed by atoms with E-state index in [1.165, 1.54) is 16.7 Å². The summed E-state index contributed by atoms with van der Waals surface area (Å²) in [5.41, 5.74) is 0.290. The molecule has 0 bridgehead atoms. The molecule has 1 aliphatic rings. The van der Waals surface area contributed by atoms with Crippen LogP contribution in [0.2, 0.25) is 0 Å². The maximum atomic E-state index is 13.0. The molecule has 7 heteroatoms. The number of hydrogen-bond acceptors (Lipinski definition) is 4. The highest BCUT2D eigenvalue weighted by Crippen LogP contribution is 2.21. The van der Waals surface area contributed by atoms with Gasteiger partial charge in [-0.1, -0.05) is 31.0 Å². The van der Waals surface area contributed by atoms with Gasteiger partial charge >= 0.3 is 0 Å². The quantitative estimate of drug-likeness (QED) is 0.852. The van der Waals surface area contributed by atoms with Crippen LogP contribution in [0.3, 0.4) is 0 Å². The van der Waals surface area contributed by atoms with Crippen molar-refractivity contribution in [2.75, 3.05) is 0 Å². The molecule has 0 saturated heterocycles. The van der Waals surface area contributed by atoms with Gasteiger partial charge in [0.25, 0.3) is 5.56 Å². The van der Waals surface area contributed by atoms with Gasteiger partial charge in [-0.25, -0.2) is 8.42 Å². The predicted molar refractivity (Wildman–Crippen MR) is 102 cm³/mol. The summed E-state index contributed by atoms with van der Waals surface area (Å²) in [5.74, 6) is -0.265. The van der Waals surface area contributed by atoms with Crippen molar-refractivity contribution >= 4 is 15.7 Å². The van der Waals surface area contributed by atoms with E-state index in [-0.39, 0.29) is 28.3 Å². The number of pyridine rings is 1. The third-order valence-electron chi connectivity index (χ3n) is 4.99. The average Bonchev–Trinajstić information content (AvgIpc) is 3.12. The van der Waals surface area contributed by atoms with Crippen LogP contribution in [0.15, 0.2) is 51.0 Å². The fraction of sp³-hybridized carbons (Fsp3) is 0.400. The molecule has 2 aromatic rings. The molecule has 0 spiro atoms. The molecule has 27 heavy (non-hydrogen) atoms. The monoisotopic (exact) mass is 388 g/mol. The van der Waals surface area contributed by atoms with E-state index in [4.69, 9.17) is 0 Å². The maximum absolute atomic E-state index is 13.0. The zero-order valence-corrected chi connectivity index (χ0v) is 16.4. The highest BCUT2D eigenvalue weighted by Gasteiger charge is 2.26. The predicted octanol–water partition coefficient (Wildman–Crippen LogP) is 2.36. The molecular weight excluding hydrogens is 364 g/mol. The number of aryl methyl sites for hydroxylation is 2. The largest absolute Gasteiger partial charge is 0.352 e. The standard InChI is InChI=1S/C20H24N2O4S/c1-14-12-15(2)22(13-18(23)21-16-8-6-7-9-16)20(24)19(14)27(25,26)17-10-4-3-5-11-17/h3-5,10-12,16H,6-9,13H2,1-2H3,(H,21,23). The lowest BCUT2D eigenvalue weighted by Gasteiger charge is -2.16. The molecule has 1 aliphatic carbocycles. The van der Waals surface area contributed by atoms with E-state index in [2.05, 4.69) is 5.32 Å². The summed E-state index contributed by atoms with van der Waals surface area (Å²) in [6.45, 7) is 3.13. The lowest BCUT2D eigenvalue weighted by atomic mass is 10.2. The number of benzene rings is 1. The molecule has 1 aromatic carbocycles. The number of amides is 1. The number of carbonyl (C=O) groups is 1. The van der Waals surface area contributed by atoms with E-state index >= 15 is 0 Å². The fourth-order valence-corrected chi connectivity index (χ4v) is 5.21. The molecule has 3 rings (SSSR count). The number of hydrogen-bond donors (Lipinski definition) is 1. The minimum Gasteiger partial charge on any atom is -0.352 e. The molecule has 1 N–H and O–H groups in total. The van der Waals surface area contributed by atoms with Crippen molar-refractivity contribution in [2.24, 2.45) is 0 Å². The minimum atomic E-state index is -3.96. The van der Waals surface area contributed by atoms with Gasteiger partial charge in [-0.05, 0) is 50.5 Å².